The topological polar surface area (TPSA) is 79.5 Å². The number of benzene rings is 2. The Balaban J connectivity index is 1.52. The summed E-state index contributed by atoms with van der Waals surface area (Å²) < 4.78 is 5.62. The summed E-state index contributed by atoms with van der Waals surface area (Å²) in [6, 6.07) is 14.2. The molecule has 0 aromatic heterocycles. The second-order valence-electron chi connectivity index (χ2n) is 7.99. The number of anilines is 1. The van der Waals surface area contributed by atoms with E-state index < -0.39 is 0 Å². The molecular weight excluding hydrogens is 410 g/mol. The molecule has 0 radical (unpaired) electrons. The van der Waals surface area contributed by atoms with Gasteiger partial charge in [-0.3, -0.25) is 14.9 Å². The molecule has 2 aromatic carbocycles. The van der Waals surface area contributed by atoms with Crippen LogP contribution in [-0.4, -0.2) is 29.1 Å². The van der Waals surface area contributed by atoms with E-state index in [1.165, 1.54) is 19.3 Å². The minimum absolute atomic E-state index is 0.0220. The molecule has 0 saturated heterocycles. The Labute approximate surface area is 188 Å². The summed E-state index contributed by atoms with van der Waals surface area (Å²) in [6.45, 7) is 3.85. The zero-order chi connectivity index (χ0) is 22.2. The molecule has 3 N–H and O–H groups in total. The number of carbonyl (C=O) groups excluding carboxylic acids is 2. The molecule has 0 spiro atoms. The molecule has 1 saturated carbocycles. The van der Waals surface area contributed by atoms with Crippen LogP contribution in [0.25, 0.3) is 0 Å². The minimum Gasteiger partial charge on any atom is -0.491 e. The Morgan fingerprint density at radius 1 is 0.968 bits per heavy atom. The van der Waals surface area contributed by atoms with Gasteiger partial charge >= 0.3 is 0 Å². The van der Waals surface area contributed by atoms with Crippen molar-refractivity contribution in [1.29, 1.82) is 0 Å². The summed E-state index contributed by atoms with van der Waals surface area (Å²) in [5.74, 6) is 0.247. The fourth-order valence-electron chi connectivity index (χ4n) is 3.54. The van der Waals surface area contributed by atoms with Crippen molar-refractivity contribution in [3.63, 3.8) is 0 Å². The monoisotopic (exact) mass is 439 g/mol. The molecule has 2 amide bonds. The van der Waals surface area contributed by atoms with Gasteiger partial charge < -0.3 is 15.4 Å². The standard InChI is InChI=1S/C24H29N3O3S/c1-16(2)30-21-10-6-7-18(15-21)23(29)27-24(31)26-20-13-11-17(12-14-20)22(28)25-19-8-4-3-5-9-19/h6-7,10-16,19H,3-5,8-9H2,1-2H3,(H,25,28)(H2,26,27,29,31). The van der Waals surface area contributed by atoms with Gasteiger partial charge in [0.2, 0.25) is 0 Å². The number of nitrogens with one attached hydrogen (secondary N) is 3. The van der Waals surface area contributed by atoms with Crippen molar-refractivity contribution in [2.24, 2.45) is 0 Å². The summed E-state index contributed by atoms with van der Waals surface area (Å²) in [5, 5.41) is 8.92. The molecule has 0 bridgehead atoms. The summed E-state index contributed by atoms with van der Waals surface area (Å²) >= 11 is 5.25. The van der Waals surface area contributed by atoms with Crippen LogP contribution in [0.2, 0.25) is 0 Å². The summed E-state index contributed by atoms with van der Waals surface area (Å²) in [4.78, 5) is 24.9. The maximum absolute atomic E-state index is 12.5. The second kappa shape index (κ2) is 10.9. The first kappa shape index (κ1) is 22.7. The van der Waals surface area contributed by atoms with Crippen molar-refractivity contribution < 1.29 is 14.3 Å². The van der Waals surface area contributed by atoms with Crippen molar-refractivity contribution in [3.05, 3.63) is 59.7 Å². The van der Waals surface area contributed by atoms with Crippen molar-refractivity contribution in [2.45, 2.75) is 58.1 Å². The lowest BCUT2D eigenvalue weighted by molar-refractivity contribution is 0.0926. The SMILES string of the molecule is CC(C)Oc1cccc(C(=O)NC(=S)Nc2ccc(C(=O)NC3CCCCC3)cc2)c1. The van der Waals surface area contributed by atoms with Gasteiger partial charge in [0.1, 0.15) is 5.75 Å². The number of ether oxygens (including phenoxy) is 1. The highest BCUT2D eigenvalue weighted by Crippen LogP contribution is 2.18. The van der Waals surface area contributed by atoms with E-state index in [1.54, 1.807) is 48.5 Å². The summed E-state index contributed by atoms with van der Waals surface area (Å²) in [6.07, 6.45) is 5.71. The van der Waals surface area contributed by atoms with E-state index in [9.17, 15) is 9.59 Å². The third kappa shape index (κ3) is 7.07. The number of hydrogen-bond donors (Lipinski definition) is 3. The predicted molar refractivity (Wildman–Crippen MR) is 127 cm³/mol. The van der Waals surface area contributed by atoms with Gasteiger partial charge in [-0.2, -0.15) is 0 Å². The fraction of sp³-hybridized carbons (Fsp3) is 0.375. The molecule has 0 atom stereocenters. The van der Waals surface area contributed by atoms with Gasteiger partial charge in [-0.1, -0.05) is 25.3 Å². The van der Waals surface area contributed by atoms with E-state index >= 15 is 0 Å². The first-order valence-corrected chi connectivity index (χ1v) is 11.1. The maximum Gasteiger partial charge on any atom is 0.257 e. The molecule has 3 rings (SSSR count). The molecule has 0 unspecified atom stereocenters. The van der Waals surface area contributed by atoms with Gasteiger partial charge in [0.15, 0.2) is 5.11 Å². The van der Waals surface area contributed by atoms with Gasteiger partial charge in [0.25, 0.3) is 11.8 Å². The molecule has 0 heterocycles. The Morgan fingerprint density at radius 2 is 1.68 bits per heavy atom. The second-order valence-corrected chi connectivity index (χ2v) is 8.40. The molecule has 1 fully saturated rings. The number of rotatable bonds is 6. The van der Waals surface area contributed by atoms with E-state index in [4.69, 9.17) is 17.0 Å². The highest BCUT2D eigenvalue weighted by atomic mass is 32.1. The van der Waals surface area contributed by atoms with Crippen LogP contribution in [0.4, 0.5) is 5.69 Å². The summed E-state index contributed by atoms with van der Waals surface area (Å²) in [7, 11) is 0. The van der Waals surface area contributed by atoms with E-state index in [1.807, 2.05) is 13.8 Å². The van der Waals surface area contributed by atoms with Crippen LogP contribution in [0.15, 0.2) is 48.5 Å². The molecule has 31 heavy (non-hydrogen) atoms. The fourth-order valence-corrected chi connectivity index (χ4v) is 3.75. The smallest absolute Gasteiger partial charge is 0.257 e. The van der Waals surface area contributed by atoms with Crippen molar-refractivity contribution >= 4 is 34.8 Å². The lowest BCUT2D eigenvalue weighted by atomic mass is 9.95. The average Bonchev–Trinajstić information content (AvgIpc) is 2.74. The Bertz CT molecular complexity index is 922. The summed E-state index contributed by atoms with van der Waals surface area (Å²) in [5.41, 5.74) is 1.75. The minimum atomic E-state index is -0.324. The van der Waals surface area contributed by atoms with Gasteiger partial charge in [0.05, 0.1) is 6.10 Å². The zero-order valence-corrected chi connectivity index (χ0v) is 18.8. The molecule has 2 aromatic rings. The van der Waals surface area contributed by atoms with Gasteiger partial charge in [-0.25, -0.2) is 0 Å². The highest BCUT2D eigenvalue weighted by Gasteiger charge is 2.16. The number of amides is 2. The third-order valence-corrected chi connectivity index (χ3v) is 5.24. The van der Waals surface area contributed by atoms with Crippen LogP contribution in [0, 0.1) is 0 Å². The molecule has 6 nitrogen and oxygen atoms in total. The molecule has 164 valence electrons. The van der Waals surface area contributed by atoms with Crippen LogP contribution >= 0.6 is 12.2 Å². The number of thiocarbonyl (C=S) groups is 1. The largest absolute Gasteiger partial charge is 0.491 e. The van der Waals surface area contributed by atoms with Gasteiger partial charge in [-0.15, -0.1) is 0 Å². The zero-order valence-electron chi connectivity index (χ0n) is 17.9. The van der Waals surface area contributed by atoms with Gasteiger partial charge in [0, 0.05) is 22.9 Å². The van der Waals surface area contributed by atoms with Crippen LogP contribution in [0.1, 0.15) is 66.7 Å². The van der Waals surface area contributed by atoms with Crippen molar-refractivity contribution in [1.82, 2.24) is 10.6 Å². The predicted octanol–water partition coefficient (Wildman–Crippen LogP) is 4.66. The van der Waals surface area contributed by atoms with Crippen LogP contribution in [-0.2, 0) is 0 Å². The van der Waals surface area contributed by atoms with Crippen LogP contribution < -0.4 is 20.7 Å². The van der Waals surface area contributed by atoms with E-state index in [0.717, 1.165) is 12.8 Å². The molecule has 7 heteroatoms. The van der Waals surface area contributed by atoms with Crippen molar-refractivity contribution in [3.8, 4) is 5.75 Å². The lowest BCUT2D eigenvalue weighted by Crippen LogP contribution is -2.36. The first-order valence-electron chi connectivity index (χ1n) is 10.7. The normalized spacial score (nSPS) is 14.0. The number of carbonyl (C=O) groups is 2. The van der Waals surface area contributed by atoms with E-state index in [-0.39, 0.29) is 29.1 Å². The quantitative estimate of drug-likeness (QED) is 0.571. The highest BCUT2D eigenvalue weighted by molar-refractivity contribution is 7.80. The number of hydrogen-bond acceptors (Lipinski definition) is 4. The van der Waals surface area contributed by atoms with E-state index in [2.05, 4.69) is 16.0 Å². The van der Waals surface area contributed by atoms with Crippen LogP contribution in [0.5, 0.6) is 5.75 Å². The molecule has 0 aliphatic heterocycles. The van der Waals surface area contributed by atoms with E-state index in [0.29, 0.717) is 22.6 Å². The lowest BCUT2D eigenvalue weighted by Gasteiger charge is -2.22. The molecular formula is C24H29N3O3S. The molecule has 1 aliphatic rings. The average molecular weight is 440 g/mol. The third-order valence-electron chi connectivity index (χ3n) is 5.04. The van der Waals surface area contributed by atoms with Crippen LogP contribution in [0.3, 0.4) is 0 Å². The van der Waals surface area contributed by atoms with Crippen molar-refractivity contribution in [2.75, 3.05) is 5.32 Å². The Morgan fingerprint density at radius 3 is 2.35 bits per heavy atom. The Kier molecular flexibility index (Phi) is 8.00. The maximum atomic E-state index is 12.5. The Hall–Kier alpha value is -2.93. The molecule has 1 aliphatic carbocycles. The van der Waals surface area contributed by atoms with Gasteiger partial charge in [-0.05, 0) is 81.4 Å². The first-order chi connectivity index (χ1) is 14.9.